The molecule has 1 spiro atoms. The van der Waals surface area contributed by atoms with E-state index in [1.54, 1.807) is 13.1 Å². The van der Waals surface area contributed by atoms with Crippen LogP contribution in [0.4, 0.5) is 0 Å². The van der Waals surface area contributed by atoms with E-state index in [1.807, 2.05) is 0 Å². The Morgan fingerprint density at radius 1 is 0.684 bits per heavy atom. The fourth-order valence-electron chi connectivity index (χ4n) is 19.3. The molecule has 0 amide bonds. The molecule has 0 aliphatic carbocycles. The van der Waals surface area contributed by atoms with Crippen molar-refractivity contribution in [3.8, 4) is 0 Å². The monoisotopic (exact) mass is 300 g/mol. The van der Waals surface area contributed by atoms with Crippen LogP contribution >= 0.6 is 0 Å². The Labute approximate surface area is 105 Å². The summed E-state index contributed by atoms with van der Waals surface area (Å²) in [6.45, 7) is 0.0883. The zero-order chi connectivity index (χ0) is 12.5. The SMILES string of the molecule is CN(C)C[C]12[CH]3[CH]4[CH]5[CH]1[Fe]45321678[CH]2[CH]1[CH]6[C]7(CN(C)C)[CH]28. The second-order valence-corrected chi connectivity index (χ2v) is 36.0. The second kappa shape index (κ2) is 0.701. The molecule has 106 valence electrons. The predicted molar refractivity (Wildman–Crippen MR) is 72.5 cm³/mol. The van der Waals surface area contributed by atoms with Crippen LogP contribution in [0, 0.1) is 0 Å². The van der Waals surface area contributed by atoms with Crippen LogP contribution < -0.4 is 0 Å². The van der Waals surface area contributed by atoms with Gasteiger partial charge in [0.2, 0.25) is 0 Å². The van der Waals surface area contributed by atoms with Crippen LogP contribution in [0.25, 0.3) is 0 Å². The molecule has 0 aromatic carbocycles. The Kier molecular flexibility index (Phi) is 0.302. The predicted octanol–water partition coefficient (Wildman–Crippen LogP) is 3.24. The van der Waals surface area contributed by atoms with E-state index in [9.17, 15) is 0 Å². The molecule has 10 saturated heterocycles. The van der Waals surface area contributed by atoms with Crippen molar-refractivity contribution in [2.24, 2.45) is 0 Å². The van der Waals surface area contributed by atoms with E-state index in [1.165, 1.54) is 38.5 Å². The van der Waals surface area contributed by atoms with E-state index in [0.29, 0.717) is 0 Å². The molecule has 8 atom stereocenters. The van der Waals surface area contributed by atoms with Crippen molar-refractivity contribution < 1.29 is 6.51 Å². The minimum atomic E-state index is -2.99. The van der Waals surface area contributed by atoms with Crippen LogP contribution in [0.5, 0.6) is 0 Å². The van der Waals surface area contributed by atoms with Crippen molar-refractivity contribution in [2.75, 3.05) is 41.3 Å². The third-order valence-corrected chi connectivity index (χ3v) is 60.5. The summed E-state index contributed by atoms with van der Waals surface area (Å²) in [5.74, 6) is 0. The summed E-state index contributed by atoms with van der Waals surface area (Å²) >= 11 is 0. The van der Waals surface area contributed by atoms with E-state index in [2.05, 4.69) is 38.0 Å². The average molecular weight is 300 g/mol. The number of hydrogen-bond acceptors (Lipinski definition) is 2. The molecule has 0 N–H and O–H groups in total. The number of rotatable bonds is 4. The fourth-order valence-corrected chi connectivity index (χ4v) is 96.8. The first-order chi connectivity index (χ1) is 8.76. The Morgan fingerprint density at radius 2 is 1.00 bits per heavy atom. The van der Waals surface area contributed by atoms with E-state index >= 15 is 0 Å². The van der Waals surface area contributed by atoms with Gasteiger partial charge in [0, 0.05) is 0 Å². The summed E-state index contributed by atoms with van der Waals surface area (Å²) in [6, 6.07) is 0. The molecular formula is C16H24FeN2. The summed E-state index contributed by atoms with van der Waals surface area (Å²) in [6.07, 6.45) is 0. The number of fused-ring (bicyclic) bond motifs is 10. The maximum absolute atomic E-state index is 2.99. The maximum atomic E-state index is 2.60. The van der Waals surface area contributed by atoms with Gasteiger partial charge in [-0.1, -0.05) is 0 Å². The zero-order valence-corrected chi connectivity index (χ0v) is 13.4. The molecule has 2 nitrogen and oxygen atoms in total. The van der Waals surface area contributed by atoms with Crippen LogP contribution in [0.2, 0.25) is 47.2 Å². The van der Waals surface area contributed by atoms with Gasteiger partial charge in [0.05, 0.1) is 0 Å². The Morgan fingerprint density at radius 3 is 1.21 bits per heavy atom. The van der Waals surface area contributed by atoms with Crippen LogP contribution in [-0.4, -0.2) is 51.1 Å². The van der Waals surface area contributed by atoms with Gasteiger partial charge < -0.3 is 0 Å². The molecule has 0 radical (unpaired) electrons. The molecule has 0 bridgehead atoms. The standard InChI is InChI=1S/2C8H12N.Fe/c2*1-9(2)7-8-5-3-4-6-8;/h2*3-6H,7H2,1-2H3;. The molecule has 3 heteroatoms. The van der Waals surface area contributed by atoms with Crippen molar-refractivity contribution in [1.82, 2.24) is 9.80 Å². The minimum absolute atomic E-state index is 1.06. The molecule has 0 saturated carbocycles. The normalized spacial score (nSPS) is 113. The number of nitrogens with zero attached hydrogens (tertiary/aromatic N) is 2. The zero-order valence-electron chi connectivity index (χ0n) is 12.3. The van der Waals surface area contributed by atoms with Gasteiger partial charge in [0.1, 0.15) is 0 Å². The van der Waals surface area contributed by atoms with Gasteiger partial charge in [-0.3, -0.25) is 0 Å². The summed E-state index contributed by atoms with van der Waals surface area (Å²) in [7, 11) is 9.46. The molecule has 0 aromatic heterocycles. The van der Waals surface area contributed by atoms with Gasteiger partial charge in [-0.2, -0.15) is 0 Å². The van der Waals surface area contributed by atoms with Crippen LogP contribution in [0.1, 0.15) is 0 Å². The van der Waals surface area contributed by atoms with E-state index in [4.69, 9.17) is 0 Å². The first kappa shape index (κ1) is 8.17. The Balaban J connectivity index is 1.47. The summed E-state index contributed by atoms with van der Waals surface area (Å²) < 4.78 is 2.13. The van der Waals surface area contributed by atoms with Gasteiger partial charge in [-0.05, 0) is 0 Å². The van der Waals surface area contributed by atoms with Crippen molar-refractivity contribution in [1.29, 1.82) is 0 Å². The molecule has 0 aromatic rings. The summed E-state index contributed by atoms with van der Waals surface area (Å²) in [5.41, 5.74) is 0. The number of hydrogen-bond donors (Lipinski definition) is 0. The van der Waals surface area contributed by atoms with E-state index in [0.717, 1.165) is 8.63 Å². The molecule has 10 rings (SSSR count). The van der Waals surface area contributed by atoms with Gasteiger partial charge in [0.15, 0.2) is 0 Å². The molecule has 19 heavy (non-hydrogen) atoms. The molecule has 8 unspecified atom stereocenters. The molecule has 10 aliphatic rings. The second-order valence-electron chi connectivity index (χ2n) is 12.6. The fraction of sp³-hybridized carbons (Fsp3) is 1.00. The third-order valence-electron chi connectivity index (χ3n) is 16.5. The quantitative estimate of drug-likeness (QED) is 0.735. The van der Waals surface area contributed by atoms with Crippen LogP contribution in [-0.2, 0) is 6.51 Å². The summed E-state index contributed by atoms with van der Waals surface area (Å²) in [5, 5.41) is 0. The topological polar surface area (TPSA) is 6.48 Å². The van der Waals surface area contributed by atoms with Crippen LogP contribution in [0.15, 0.2) is 0 Å². The molecule has 10 heterocycles. The van der Waals surface area contributed by atoms with Gasteiger partial charge >= 0.3 is 105 Å². The van der Waals surface area contributed by atoms with Crippen molar-refractivity contribution in [2.45, 2.75) is 47.2 Å². The average Bonchev–Trinajstić information content (AvgIpc) is 3.22. The third kappa shape index (κ3) is 0.0891. The summed E-state index contributed by atoms with van der Waals surface area (Å²) in [4.78, 5) is 16.8. The van der Waals surface area contributed by atoms with Crippen molar-refractivity contribution in [3.63, 3.8) is 0 Å². The Bertz CT molecular complexity index is 944. The molecule has 10 aliphatic heterocycles. The Hall–Kier alpha value is 0.439. The molecule has 10 fully saturated rings. The van der Waals surface area contributed by atoms with Gasteiger partial charge in [-0.25, -0.2) is 0 Å². The first-order valence-corrected chi connectivity index (χ1v) is 14.5. The molecular weight excluding hydrogens is 276 g/mol. The first-order valence-electron chi connectivity index (χ1n) is 8.27. The van der Waals surface area contributed by atoms with Crippen molar-refractivity contribution >= 4 is 0 Å². The van der Waals surface area contributed by atoms with E-state index < -0.39 is 6.51 Å². The van der Waals surface area contributed by atoms with E-state index in [-0.39, 0.29) is 0 Å². The van der Waals surface area contributed by atoms with Gasteiger partial charge in [-0.15, -0.1) is 0 Å². The van der Waals surface area contributed by atoms with Crippen molar-refractivity contribution in [3.05, 3.63) is 0 Å². The van der Waals surface area contributed by atoms with Gasteiger partial charge in [0.25, 0.3) is 0 Å². The van der Waals surface area contributed by atoms with Crippen LogP contribution in [0.3, 0.4) is 0 Å².